The smallest absolute Gasteiger partial charge is 0.248 e. The SMILES string of the molecule is Cc1ccc(Nc2ncnc(Oc3ccccc3)c2N)cc1C. The summed E-state index contributed by atoms with van der Waals surface area (Å²) in [5.74, 6) is 1.53. The number of nitrogens with two attached hydrogens (primary N) is 1. The molecular weight excluding hydrogens is 288 g/mol. The Morgan fingerprint density at radius 2 is 1.74 bits per heavy atom. The predicted octanol–water partition coefficient (Wildman–Crippen LogP) is 4.21. The summed E-state index contributed by atoms with van der Waals surface area (Å²) in [5.41, 5.74) is 9.86. The highest BCUT2D eigenvalue weighted by Gasteiger charge is 2.10. The van der Waals surface area contributed by atoms with Crippen LogP contribution in [0.3, 0.4) is 0 Å². The zero-order valence-corrected chi connectivity index (χ0v) is 13.1. The minimum absolute atomic E-state index is 0.331. The molecule has 0 aliphatic carbocycles. The number of benzene rings is 2. The molecule has 3 rings (SSSR count). The van der Waals surface area contributed by atoms with E-state index in [1.54, 1.807) is 0 Å². The number of nitrogens with zero attached hydrogens (tertiary/aromatic N) is 2. The maximum atomic E-state index is 6.13. The van der Waals surface area contributed by atoms with Gasteiger partial charge in [-0.2, -0.15) is 4.98 Å². The van der Waals surface area contributed by atoms with Crippen LogP contribution < -0.4 is 15.8 Å². The van der Waals surface area contributed by atoms with Gasteiger partial charge in [-0.15, -0.1) is 0 Å². The molecule has 0 aliphatic rings. The Kier molecular flexibility index (Phi) is 4.10. The van der Waals surface area contributed by atoms with Crippen LogP contribution in [0.25, 0.3) is 0 Å². The van der Waals surface area contributed by atoms with Crippen molar-refractivity contribution in [1.82, 2.24) is 9.97 Å². The van der Waals surface area contributed by atoms with E-state index in [1.165, 1.54) is 17.5 Å². The number of anilines is 3. The number of hydrogen-bond donors (Lipinski definition) is 2. The molecule has 0 spiro atoms. The molecule has 116 valence electrons. The maximum Gasteiger partial charge on any atom is 0.248 e. The first-order valence-corrected chi connectivity index (χ1v) is 7.31. The summed E-state index contributed by atoms with van der Waals surface area (Å²) < 4.78 is 5.71. The van der Waals surface area contributed by atoms with Gasteiger partial charge in [0.25, 0.3) is 0 Å². The molecule has 0 radical (unpaired) electrons. The Bertz CT molecular complexity index is 819. The standard InChI is InChI=1S/C18H18N4O/c1-12-8-9-14(10-13(12)2)22-17-16(19)18(21-11-20-17)23-15-6-4-3-5-7-15/h3-11H,19H2,1-2H3,(H,20,21,22). The molecule has 0 saturated carbocycles. The number of hydrogen-bond acceptors (Lipinski definition) is 5. The van der Waals surface area contributed by atoms with Crippen molar-refractivity contribution in [2.75, 3.05) is 11.1 Å². The molecule has 1 heterocycles. The molecule has 0 unspecified atom stereocenters. The van der Waals surface area contributed by atoms with E-state index in [4.69, 9.17) is 10.5 Å². The molecule has 3 N–H and O–H groups in total. The van der Waals surface area contributed by atoms with Crippen LogP contribution in [0.2, 0.25) is 0 Å². The predicted molar refractivity (Wildman–Crippen MR) is 92.2 cm³/mol. The summed E-state index contributed by atoms with van der Waals surface area (Å²) in [6.45, 7) is 4.14. The molecule has 5 nitrogen and oxygen atoms in total. The Labute approximate surface area is 135 Å². The molecule has 1 aromatic heterocycles. The van der Waals surface area contributed by atoms with Crippen LogP contribution in [0, 0.1) is 13.8 Å². The minimum atomic E-state index is 0.331. The second-order valence-electron chi connectivity index (χ2n) is 5.28. The highest BCUT2D eigenvalue weighted by Crippen LogP contribution is 2.31. The number of aryl methyl sites for hydroxylation is 2. The van der Waals surface area contributed by atoms with Crippen LogP contribution in [-0.2, 0) is 0 Å². The monoisotopic (exact) mass is 306 g/mol. The Hall–Kier alpha value is -3.08. The molecule has 5 heteroatoms. The fourth-order valence-corrected chi connectivity index (χ4v) is 2.12. The normalized spacial score (nSPS) is 10.3. The van der Waals surface area contributed by atoms with E-state index in [-0.39, 0.29) is 0 Å². The van der Waals surface area contributed by atoms with E-state index >= 15 is 0 Å². The Balaban J connectivity index is 1.86. The van der Waals surface area contributed by atoms with Crippen molar-refractivity contribution >= 4 is 17.2 Å². The molecule has 23 heavy (non-hydrogen) atoms. The minimum Gasteiger partial charge on any atom is -0.437 e. The van der Waals surface area contributed by atoms with Crippen molar-refractivity contribution in [3.63, 3.8) is 0 Å². The topological polar surface area (TPSA) is 73.1 Å². The summed E-state index contributed by atoms with van der Waals surface area (Å²) in [6, 6.07) is 15.5. The Morgan fingerprint density at radius 1 is 0.957 bits per heavy atom. The highest BCUT2D eigenvalue weighted by molar-refractivity contribution is 5.72. The van der Waals surface area contributed by atoms with Gasteiger partial charge in [-0.05, 0) is 49.2 Å². The van der Waals surface area contributed by atoms with Crippen molar-refractivity contribution in [3.8, 4) is 11.6 Å². The fraction of sp³-hybridized carbons (Fsp3) is 0.111. The van der Waals surface area contributed by atoms with Gasteiger partial charge in [0.2, 0.25) is 5.88 Å². The number of rotatable bonds is 4. The van der Waals surface area contributed by atoms with E-state index in [2.05, 4.69) is 41.3 Å². The molecule has 0 bridgehead atoms. The lowest BCUT2D eigenvalue weighted by Gasteiger charge is -2.12. The molecule has 0 atom stereocenters. The summed E-state index contributed by atoms with van der Waals surface area (Å²) in [7, 11) is 0. The average Bonchev–Trinajstić information content (AvgIpc) is 2.56. The molecule has 2 aromatic carbocycles. The van der Waals surface area contributed by atoms with E-state index in [0.29, 0.717) is 23.1 Å². The second kappa shape index (κ2) is 6.36. The van der Waals surface area contributed by atoms with Crippen LogP contribution in [-0.4, -0.2) is 9.97 Å². The van der Waals surface area contributed by atoms with Crippen LogP contribution in [0.5, 0.6) is 11.6 Å². The quantitative estimate of drug-likeness (QED) is 0.755. The first kappa shape index (κ1) is 14.8. The zero-order valence-electron chi connectivity index (χ0n) is 13.1. The molecular formula is C18H18N4O. The van der Waals surface area contributed by atoms with Crippen molar-refractivity contribution in [2.45, 2.75) is 13.8 Å². The first-order valence-electron chi connectivity index (χ1n) is 7.31. The molecule has 3 aromatic rings. The van der Waals surface area contributed by atoms with Gasteiger partial charge in [-0.1, -0.05) is 24.3 Å². The van der Waals surface area contributed by atoms with Gasteiger partial charge < -0.3 is 15.8 Å². The number of nitrogen functional groups attached to an aromatic ring is 1. The number of nitrogens with one attached hydrogen (secondary N) is 1. The lowest BCUT2D eigenvalue weighted by molar-refractivity contribution is 0.464. The summed E-state index contributed by atoms with van der Waals surface area (Å²) >= 11 is 0. The third-order valence-corrected chi connectivity index (χ3v) is 3.57. The third-order valence-electron chi connectivity index (χ3n) is 3.57. The van der Waals surface area contributed by atoms with Crippen molar-refractivity contribution in [3.05, 3.63) is 66.0 Å². The Morgan fingerprint density at radius 3 is 2.48 bits per heavy atom. The van der Waals surface area contributed by atoms with Gasteiger partial charge in [-0.25, -0.2) is 4.98 Å². The van der Waals surface area contributed by atoms with Gasteiger partial charge in [0.15, 0.2) is 5.82 Å². The van der Waals surface area contributed by atoms with Crippen LogP contribution >= 0.6 is 0 Å². The lowest BCUT2D eigenvalue weighted by atomic mass is 10.1. The maximum absolute atomic E-state index is 6.13. The largest absolute Gasteiger partial charge is 0.437 e. The fourth-order valence-electron chi connectivity index (χ4n) is 2.12. The van der Waals surface area contributed by atoms with E-state index < -0.39 is 0 Å². The number of aromatic nitrogens is 2. The van der Waals surface area contributed by atoms with Gasteiger partial charge in [-0.3, -0.25) is 0 Å². The molecule has 0 fully saturated rings. The molecule has 0 amide bonds. The van der Waals surface area contributed by atoms with Gasteiger partial charge >= 0.3 is 0 Å². The highest BCUT2D eigenvalue weighted by atomic mass is 16.5. The van der Waals surface area contributed by atoms with Gasteiger partial charge in [0.05, 0.1) is 0 Å². The van der Waals surface area contributed by atoms with Crippen LogP contribution in [0.4, 0.5) is 17.2 Å². The zero-order chi connectivity index (χ0) is 16.2. The van der Waals surface area contributed by atoms with Gasteiger partial charge in [0, 0.05) is 5.69 Å². The summed E-state index contributed by atoms with van der Waals surface area (Å²) in [6.07, 6.45) is 1.43. The lowest BCUT2D eigenvalue weighted by Crippen LogP contribution is -2.03. The number of ether oxygens (including phenoxy) is 1. The number of para-hydroxylation sites is 1. The van der Waals surface area contributed by atoms with Crippen molar-refractivity contribution in [1.29, 1.82) is 0 Å². The van der Waals surface area contributed by atoms with E-state index in [9.17, 15) is 0 Å². The van der Waals surface area contributed by atoms with E-state index in [0.717, 1.165) is 5.69 Å². The second-order valence-corrected chi connectivity index (χ2v) is 5.28. The van der Waals surface area contributed by atoms with Crippen molar-refractivity contribution < 1.29 is 4.74 Å². The summed E-state index contributed by atoms with van der Waals surface area (Å²) in [5, 5.41) is 3.21. The van der Waals surface area contributed by atoms with E-state index in [1.807, 2.05) is 36.4 Å². The average molecular weight is 306 g/mol. The molecule has 0 aliphatic heterocycles. The van der Waals surface area contributed by atoms with Crippen LogP contribution in [0.1, 0.15) is 11.1 Å². The first-order chi connectivity index (χ1) is 11.1. The van der Waals surface area contributed by atoms with Crippen LogP contribution in [0.15, 0.2) is 54.9 Å². The third kappa shape index (κ3) is 3.40. The summed E-state index contributed by atoms with van der Waals surface area (Å²) in [4.78, 5) is 8.31. The van der Waals surface area contributed by atoms with Gasteiger partial charge in [0.1, 0.15) is 17.8 Å². The molecule has 0 saturated heterocycles. The van der Waals surface area contributed by atoms with Crippen molar-refractivity contribution in [2.24, 2.45) is 0 Å².